The third-order valence-electron chi connectivity index (χ3n) is 2.53. The normalized spacial score (nSPS) is 12.4. The summed E-state index contributed by atoms with van der Waals surface area (Å²) in [5, 5.41) is 11.4. The molecular formula is C11H19N3O2S. The second-order valence-electron chi connectivity index (χ2n) is 3.80. The second-order valence-corrected chi connectivity index (χ2v) is 4.64. The van der Waals surface area contributed by atoms with Gasteiger partial charge in [0, 0.05) is 18.5 Å². The van der Waals surface area contributed by atoms with Gasteiger partial charge in [-0.1, -0.05) is 13.3 Å². The van der Waals surface area contributed by atoms with E-state index in [2.05, 4.69) is 23.7 Å². The van der Waals surface area contributed by atoms with Gasteiger partial charge in [-0.2, -0.15) is 0 Å². The number of aromatic nitrogens is 1. The molecule has 0 saturated heterocycles. The molecule has 0 bridgehead atoms. The Morgan fingerprint density at radius 1 is 1.65 bits per heavy atom. The summed E-state index contributed by atoms with van der Waals surface area (Å²) in [7, 11) is 0. The van der Waals surface area contributed by atoms with Crippen molar-refractivity contribution in [3.8, 4) is 0 Å². The zero-order valence-corrected chi connectivity index (χ0v) is 11.0. The van der Waals surface area contributed by atoms with Crippen LogP contribution in [0.2, 0.25) is 0 Å². The van der Waals surface area contributed by atoms with Gasteiger partial charge in [-0.25, -0.2) is 4.98 Å². The fourth-order valence-corrected chi connectivity index (χ4v) is 2.38. The van der Waals surface area contributed by atoms with Crippen LogP contribution in [0, 0.1) is 0 Å². The number of nitrogens with two attached hydrogens (primary N) is 1. The van der Waals surface area contributed by atoms with E-state index in [1.807, 2.05) is 0 Å². The van der Waals surface area contributed by atoms with E-state index < -0.39 is 12.0 Å². The Morgan fingerprint density at radius 2 is 2.35 bits per heavy atom. The first-order valence-corrected chi connectivity index (χ1v) is 6.66. The van der Waals surface area contributed by atoms with E-state index in [1.54, 1.807) is 5.38 Å². The lowest BCUT2D eigenvalue weighted by atomic mass is 10.2. The van der Waals surface area contributed by atoms with E-state index in [9.17, 15) is 4.79 Å². The number of carbonyl (C=O) groups is 1. The highest BCUT2D eigenvalue weighted by Gasteiger charge is 2.19. The topological polar surface area (TPSA) is 79.5 Å². The molecule has 0 fully saturated rings. The van der Waals surface area contributed by atoms with Crippen LogP contribution < -0.4 is 10.6 Å². The molecule has 1 aromatic rings. The summed E-state index contributed by atoms with van der Waals surface area (Å²) in [4.78, 5) is 17.2. The van der Waals surface area contributed by atoms with E-state index in [-0.39, 0.29) is 0 Å². The second kappa shape index (κ2) is 6.56. The molecule has 1 atom stereocenters. The molecule has 1 rings (SSSR count). The van der Waals surface area contributed by atoms with Gasteiger partial charge < -0.3 is 15.7 Å². The van der Waals surface area contributed by atoms with E-state index in [0.717, 1.165) is 31.1 Å². The van der Waals surface area contributed by atoms with E-state index in [1.165, 1.54) is 11.3 Å². The van der Waals surface area contributed by atoms with Crippen molar-refractivity contribution < 1.29 is 9.90 Å². The SMILES string of the molecule is CCCCN(CC)c1nc(C(N)C(=O)O)cs1. The molecule has 0 aromatic carbocycles. The molecule has 5 nitrogen and oxygen atoms in total. The molecule has 1 unspecified atom stereocenters. The minimum absolute atomic E-state index is 0.437. The summed E-state index contributed by atoms with van der Waals surface area (Å²) in [5.74, 6) is -1.04. The predicted molar refractivity (Wildman–Crippen MR) is 69.5 cm³/mol. The van der Waals surface area contributed by atoms with Crippen molar-refractivity contribution in [2.45, 2.75) is 32.7 Å². The number of aliphatic carboxylic acids is 1. The minimum Gasteiger partial charge on any atom is -0.480 e. The third kappa shape index (κ3) is 3.67. The van der Waals surface area contributed by atoms with Gasteiger partial charge in [-0.15, -0.1) is 11.3 Å². The number of unbranched alkanes of at least 4 members (excludes halogenated alkanes) is 1. The summed E-state index contributed by atoms with van der Waals surface area (Å²) in [5.41, 5.74) is 5.96. The minimum atomic E-state index is -1.04. The highest BCUT2D eigenvalue weighted by molar-refractivity contribution is 7.13. The van der Waals surface area contributed by atoms with Crippen LogP contribution in [0.5, 0.6) is 0 Å². The van der Waals surface area contributed by atoms with Gasteiger partial charge in [0.1, 0.15) is 6.04 Å². The molecule has 96 valence electrons. The van der Waals surface area contributed by atoms with Crippen LogP contribution >= 0.6 is 11.3 Å². The molecular weight excluding hydrogens is 238 g/mol. The molecule has 0 radical (unpaired) electrons. The monoisotopic (exact) mass is 257 g/mol. The molecule has 3 N–H and O–H groups in total. The Kier molecular flexibility index (Phi) is 5.37. The van der Waals surface area contributed by atoms with Crippen molar-refractivity contribution in [2.24, 2.45) is 5.73 Å². The van der Waals surface area contributed by atoms with Crippen molar-refractivity contribution in [3.63, 3.8) is 0 Å². The van der Waals surface area contributed by atoms with Crippen molar-refractivity contribution in [3.05, 3.63) is 11.1 Å². The van der Waals surface area contributed by atoms with Gasteiger partial charge in [0.2, 0.25) is 0 Å². The molecule has 6 heteroatoms. The number of carboxylic acid groups (broad SMARTS) is 1. The Morgan fingerprint density at radius 3 is 2.88 bits per heavy atom. The Hall–Kier alpha value is -1.14. The van der Waals surface area contributed by atoms with Gasteiger partial charge in [0.25, 0.3) is 0 Å². The molecule has 1 aromatic heterocycles. The van der Waals surface area contributed by atoms with Gasteiger partial charge in [0.15, 0.2) is 5.13 Å². The zero-order valence-electron chi connectivity index (χ0n) is 10.2. The average molecular weight is 257 g/mol. The molecule has 0 aliphatic carbocycles. The Balaban J connectivity index is 2.74. The van der Waals surface area contributed by atoms with Crippen LogP contribution in [-0.2, 0) is 4.79 Å². The maximum Gasteiger partial charge on any atom is 0.326 e. The number of hydrogen-bond acceptors (Lipinski definition) is 5. The van der Waals surface area contributed by atoms with Crippen LogP contribution in [0.4, 0.5) is 5.13 Å². The number of thiazole rings is 1. The average Bonchev–Trinajstić information content (AvgIpc) is 2.78. The Bertz CT molecular complexity index is 367. The number of rotatable bonds is 7. The maximum atomic E-state index is 10.7. The van der Waals surface area contributed by atoms with Gasteiger partial charge in [0.05, 0.1) is 5.69 Å². The highest BCUT2D eigenvalue weighted by Crippen LogP contribution is 2.23. The van der Waals surface area contributed by atoms with Gasteiger partial charge in [-0.3, -0.25) is 4.79 Å². The highest BCUT2D eigenvalue weighted by atomic mass is 32.1. The third-order valence-corrected chi connectivity index (χ3v) is 3.45. The van der Waals surface area contributed by atoms with Crippen molar-refractivity contribution in [1.29, 1.82) is 0 Å². The predicted octanol–water partition coefficient (Wildman–Crippen LogP) is 1.85. The van der Waals surface area contributed by atoms with Gasteiger partial charge >= 0.3 is 5.97 Å². The van der Waals surface area contributed by atoms with Crippen molar-refractivity contribution in [2.75, 3.05) is 18.0 Å². The number of carboxylic acids is 1. The fourth-order valence-electron chi connectivity index (χ4n) is 1.43. The summed E-state index contributed by atoms with van der Waals surface area (Å²) >= 11 is 1.45. The lowest BCUT2D eigenvalue weighted by molar-refractivity contribution is -0.138. The van der Waals surface area contributed by atoms with E-state index in [4.69, 9.17) is 10.8 Å². The molecule has 0 amide bonds. The number of nitrogens with zero attached hydrogens (tertiary/aromatic N) is 2. The smallest absolute Gasteiger partial charge is 0.326 e. The van der Waals surface area contributed by atoms with Crippen molar-refractivity contribution >= 4 is 22.4 Å². The standard InChI is InChI=1S/C11H19N3O2S/c1-3-5-6-14(4-2)11-13-8(7-17-11)9(12)10(15)16/h7,9H,3-6,12H2,1-2H3,(H,15,16). The molecule has 17 heavy (non-hydrogen) atoms. The van der Waals surface area contributed by atoms with Gasteiger partial charge in [-0.05, 0) is 13.3 Å². The zero-order chi connectivity index (χ0) is 12.8. The van der Waals surface area contributed by atoms with Crippen LogP contribution in [0.15, 0.2) is 5.38 Å². The molecule has 1 heterocycles. The van der Waals surface area contributed by atoms with E-state index in [0.29, 0.717) is 5.69 Å². The summed E-state index contributed by atoms with van der Waals surface area (Å²) in [6, 6.07) is -1.02. The summed E-state index contributed by atoms with van der Waals surface area (Å²) in [6.45, 7) is 6.02. The first-order valence-electron chi connectivity index (χ1n) is 5.78. The van der Waals surface area contributed by atoms with Crippen LogP contribution in [0.3, 0.4) is 0 Å². The fraction of sp³-hybridized carbons (Fsp3) is 0.636. The summed E-state index contributed by atoms with van der Waals surface area (Å²) in [6.07, 6.45) is 2.23. The largest absolute Gasteiger partial charge is 0.480 e. The van der Waals surface area contributed by atoms with Crippen LogP contribution in [-0.4, -0.2) is 29.1 Å². The summed E-state index contributed by atoms with van der Waals surface area (Å²) < 4.78 is 0. The molecule has 0 aliphatic rings. The first-order chi connectivity index (χ1) is 8.10. The maximum absolute atomic E-state index is 10.7. The molecule has 0 saturated carbocycles. The Labute approximate surface area is 105 Å². The van der Waals surface area contributed by atoms with Crippen LogP contribution in [0.25, 0.3) is 0 Å². The molecule has 0 spiro atoms. The van der Waals surface area contributed by atoms with Crippen molar-refractivity contribution in [1.82, 2.24) is 4.98 Å². The lowest BCUT2D eigenvalue weighted by Gasteiger charge is -2.19. The molecule has 0 aliphatic heterocycles. The van der Waals surface area contributed by atoms with Crippen LogP contribution in [0.1, 0.15) is 38.4 Å². The lowest BCUT2D eigenvalue weighted by Crippen LogP contribution is -2.24. The number of hydrogen-bond donors (Lipinski definition) is 2. The quantitative estimate of drug-likeness (QED) is 0.779. The number of anilines is 1. The van der Waals surface area contributed by atoms with E-state index >= 15 is 0 Å². The first kappa shape index (κ1) is 13.9.